The van der Waals surface area contributed by atoms with Crippen LogP contribution in [0.25, 0.3) is 0 Å². The molecule has 0 unspecified atom stereocenters. The van der Waals surface area contributed by atoms with Gasteiger partial charge in [-0.1, -0.05) is 0 Å². The number of hydrogen-bond donors (Lipinski definition) is 1. The van der Waals surface area contributed by atoms with Gasteiger partial charge in [0.15, 0.2) is 0 Å². The molecule has 0 amide bonds. The highest BCUT2D eigenvalue weighted by Gasteiger charge is 2.33. The minimum atomic E-state index is -2.79. The van der Waals surface area contributed by atoms with E-state index in [9.17, 15) is 8.78 Å². The molecule has 0 radical (unpaired) electrons. The first-order chi connectivity index (χ1) is 6.68. The first-order valence-electron chi connectivity index (χ1n) is 4.70. The van der Waals surface area contributed by atoms with Crippen molar-refractivity contribution in [2.75, 3.05) is 6.54 Å². The lowest BCUT2D eigenvalue weighted by Crippen LogP contribution is -2.32. The molecule has 1 heterocycles. The van der Waals surface area contributed by atoms with Gasteiger partial charge in [0, 0.05) is 24.0 Å². The zero-order chi connectivity index (χ0) is 10.0. The number of nitrogens with one attached hydrogen (secondary N) is 1. The third-order valence-electron chi connectivity index (χ3n) is 2.29. The summed E-state index contributed by atoms with van der Waals surface area (Å²) in [5.41, 5.74) is 0.0284. The Bertz CT molecular complexity index is 296. The first kappa shape index (κ1) is 9.52. The molecule has 1 fully saturated rings. The fourth-order valence-corrected chi connectivity index (χ4v) is 1.26. The van der Waals surface area contributed by atoms with E-state index in [2.05, 4.69) is 10.3 Å². The molecule has 76 valence electrons. The predicted octanol–water partition coefficient (Wildman–Crippen LogP) is 1.93. The topological polar surface area (TPSA) is 24.9 Å². The summed E-state index contributed by atoms with van der Waals surface area (Å²) >= 11 is 0. The van der Waals surface area contributed by atoms with E-state index in [1.54, 1.807) is 0 Å². The molecule has 0 saturated heterocycles. The number of pyridine rings is 1. The van der Waals surface area contributed by atoms with Gasteiger partial charge in [0.2, 0.25) is 0 Å². The van der Waals surface area contributed by atoms with E-state index < -0.39 is 5.92 Å². The van der Waals surface area contributed by atoms with Gasteiger partial charge in [-0.15, -0.1) is 0 Å². The summed E-state index contributed by atoms with van der Waals surface area (Å²) in [5.74, 6) is -2.79. The molecule has 1 aromatic rings. The maximum absolute atomic E-state index is 13.5. The fraction of sp³-hybridized carbons (Fsp3) is 0.500. The van der Waals surface area contributed by atoms with Crippen LogP contribution >= 0.6 is 0 Å². The maximum Gasteiger partial charge on any atom is 0.285 e. The summed E-state index contributed by atoms with van der Waals surface area (Å²) in [4.78, 5) is 3.71. The van der Waals surface area contributed by atoms with E-state index >= 15 is 0 Å². The summed E-state index contributed by atoms with van der Waals surface area (Å²) in [6, 6.07) is 3.02. The Labute approximate surface area is 81.4 Å². The number of alkyl halides is 2. The second-order valence-electron chi connectivity index (χ2n) is 3.60. The van der Waals surface area contributed by atoms with Crippen LogP contribution in [-0.2, 0) is 5.92 Å². The smallest absolute Gasteiger partial charge is 0.285 e. The van der Waals surface area contributed by atoms with Crippen molar-refractivity contribution in [2.24, 2.45) is 0 Å². The van der Waals surface area contributed by atoms with Gasteiger partial charge in [0.05, 0.1) is 6.54 Å². The number of aromatic nitrogens is 1. The molecular formula is C10H12F2N2. The lowest BCUT2D eigenvalue weighted by molar-refractivity contribution is -0.00357. The van der Waals surface area contributed by atoms with E-state index in [4.69, 9.17) is 0 Å². The number of hydrogen-bond acceptors (Lipinski definition) is 2. The van der Waals surface area contributed by atoms with Crippen LogP contribution in [0.5, 0.6) is 0 Å². The zero-order valence-electron chi connectivity index (χ0n) is 7.71. The third-order valence-corrected chi connectivity index (χ3v) is 2.29. The summed E-state index contributed by atoms with van der Waals surface area (Å²) < 4.78 is 26.9. The standard InChI is InChI=1S/C10H12F2N2/c11-10(12,7-14-9-1-2-9)8-3-5-13-6-4-8/h3-6,9,14H,1-2,7H2. The Kier molecular flexibility index (Phi) is 2.46. The number of halogens is 2. The van der Waals surface area contributed by atoms with Crippen molar-refractivity contribution in [1.29, 1.82) is 0 Å². The van der Waals surface area contributed by atoms with Gasteiger partial charge in [0.1, 0.15) is 0 Å². The van der Waals surface area contributed by atoms with Gasteiger partial charge in [-0.2, -0.15) is 8.78 Å². The predicted molar refractivity (Wildman–Crippen MR) is 49.2 cm³/mol. The second-order valence-corrected chi connectivity index (χ2v) is 3.60. The molecule has 2 rings (SSSR count). The lowest BCUT2D eigenvalue weighted by atomic mass is 10.1. The van der Waals surface area contributed by atoms with Crippen LogP contribution in [0.15, 0.2) is 24.5 Å². The maximum atomic E-state index is 13.5. The molecule has 2 nitrogen and oxygen atoms in total. The summed E-state index contributed by atoms with van der Waals surface area (Å²) in [5, 5.41) is 2.82. The van der Waals surface area contributed by atoms with Crippen LogP contribution in [0.3, 0.4) is 0 Å². The molecule has 4 heteroatoms. The van der Waals surface area contributed by atoms with Crippen molar-refractivity contribution in [3.63, 3.8) is 0 Å². The Morgan fingerprint density at radius 3 is 2.57 bits per heavy atom. The van der Waals surface area contributed by atoms with Gasteiger partial charge in [-0.25, -0.2) is 0 Å². The molecular weight excluding hydrogens is 186 g/mol. The van der Waals surface area contributed by atoms with Gasteiger partial charge in [0.25, 0.3) is 5.92 Å². The Balaban J connectivity index is 1.99. The molecule has 0 spiro atoms. The second kappa shape index (κ2) is 3.61. The van der Waals surface area contributed by atoms with Crippen molar-refractivity contribution in [2.45, 2.75) is 24.8 Å². The van der Waals surface area contributed by atoms with Gasteiger partial charge in [-0.05, 0) is 25.0 Å². The molecule has 0 bridgehead atoms. The Hall–Kier alpha value is -1.03. The summed E-state index contributed by atoms with van der Waals surface area (Å²) in [6.07, 6.45) is 4.82. The molecule has 1 aromatic heterocycles. The zero-order valence-corrected chi connectivity index (χ0v) is 7.71. The van der Waals surface area contributed by atoms with E-state index in [1.165, 1.54) is 24.5 Å². The monoisotopic (exact) mass is 198 g/mol. The van der Waals surface area contributed by atoms with Crippen LogP contribution in [-0.4, -0.2) is 17.6 Å². The summed E-state index contributed by atoms with van der Waals surface area (Å²) in [6.45, 7) is -0.276. The van der Waals surface area contributed by atoms with E-state index in [1.807, 2.05) is 0 Å². The normalized spacial score (nSPS) is 17.0. The number of nitrogens with zero attached hydrogens (tertiary/aromatic N) is 1. The van der Waals surface area contributed by atoms with Gasteiger partial charge in [-0.3, -0.25) is 4.98 Å². The SMILES string of the molecule is FC(F)(CNC1CC1)c1ccncc1. The van der Waals surface area contributed by atoms with E-state index in [0.29, 0.717) is 6.04 Å². The van der Waals surface area contributed by atoms with Crippen molar-refractivity contribution in [3.8, 4) is 0 Å². The quantitative estimate of drug-likeness (QED) is 0.799. The van der Waals surface area contributed by atoms with Gasteiger partial charge < -0.3 is 5.32 Å². The molecule has 14 heavy (non-hydrogen) atoms. The fourth-order valence-electron chi connectivity index (χ4n) is 1.26. The largest absolute Gasteiger partial charge is 0.308 e. The molecule has 1 saturated carbocycles. The molecule has 0 aliphatic heterocycles. The number of rotatable bonds is 4. The van der Waals surface area contributed by atoms with Crippen LogP contribution < -0.4 is 5.32 Å². The molecule has 1 aliphatic rings. The molecule has 1 N–H and O–H groups in total. The molecule has 1 aliphatic carbocycles. The van der Waals surface area contributed by atoms with E-state index in [0.717, 1.165) is 12.8 Å². The van der Waals surface area contributed by atoms with Crippen LogP contribution in [0.1, 0.15) is 18.4 Å². The third kappa shape index (κ3) is 2.26. The Morgan fingerprint density at radius 2 is 2.00 bits per heavy atom. The van der Waals surface area contributed by atoms with Crippen molar-refractivity contribution in [1.82, 2.24) is 10.3 Å². The first-order valence-corrected chi connectivity index (χ1v) is 4.70. The van der Waals surface area contributed by atoms with Gasteiger partial charge >= 0.3 is 0 Å². The lowest BCUT2D eigenvalue weighted by Gasteiger charge is -2.16. The van der Waals surface area contributed by atoms with Crippen molar-refractivity contribution < 1.29 is 8.78 Å². The van der Waals surface area contributed by atoms with Crippen molar-refractivity contribution >= 4 is 0 Å². The van der Waals surface area contributed by atoms with Crippen LogP contribution in [0, 0.1) is 0 Å². The average molecular weight is 198 g/mol. The molecule has 0 aromatic carbocycles. The summed E-state index contributed by atoms with van der Waals surface area (Å²) in [7, 11) is 0. The highest BCUT2D eigenvalue weighted by molar-refractivity contribution is 5.16. The Morgan fingerprint density at radius 1 is 1.36 bits per heavy atom. The van der Waals surface area contributed by atoms with E-state index in [-0.39, 0.29) is 12.1 Å². The molecule has 0 atom stereocenters. The van der Waals surface area contributed by atoms with Crippen molar-refractivity contribution in [3.05, 3.63) is 30.1 Å². The minimum absolute atomic E-state index is 0.0284. The highest BCUT2D eigenvalue weighted by Crippen LogP contribution is 2.28. The highest BCUT2D eigenvalue weighted by atomic mass is 19.3. The van der Waals surface area contributed by atoms with Crippen LogP contribution in [0.4, 0.5) is 8.78 Å². The average Bonchev–Trinajstić information content (AvgIpc) is 3.00. The minimum Gasteiger partial charge on any atom is -0.308 e. The van der Waals surface area contributed by atoms with Crippen LogP contribution in [0.2, 0.25) is 0 Å².